The maximum Gasteiger partial charge on any atom is 0.255 e. The highest BCUT2D eigenvalue weighted by atomic mass is 16.2. The summed E-state index contributed by atoms with van der Waals surface area (Å²) in [7, 11) is 0. The van der Waals surface area contributed by atoms with Crippen LogP contribution in [0.5, 0.6) is 0 Å². The lowest BCUT2D eigenvalue weighted by Gasteiger charge is -2.08. The van der Waals surface area contributed by atoms with Crippen LogP contribution < -0.4 is 10.6 Å². The van der Waals surface area contributed by atoms with Gasteiger partial charge in [0.2, 0.25) is 0 Å². The van der Waals surface area contributed by atoms with Gasteiger partial charge >= 0.3 is 0 Å². The van der Waals surface area contributed by atoms with Gasteiger partial charge in [0.25, 0.3) is 11.8 Å². The largest absolute Gasteiger partial charge is 0.348 e. The van der Waals surface area contributed by atoms with Crippen molar-refractivity contribution < 1.29 is 14.4 Å². The van der Waals surface area contributed by atoms with E-state index in [1.165, 1.54) is 6.92 Å². The maximum atomic E-state index is 12.5. The van der Waals surface area contributed by atoms with Crippen molar-refractivity contribution in [3.05, 3.63) is 101 Å². The number of amides is 2. The number of benzene rings is 3. The van der Waals surface area contributed by atoms with Crippen molar-refractivity contribution in [2.24, 2.45) is 0 Å². The van der Waals surface area contributed by atoms with E-state index < -0.39 is 0 Å². The highest BCUT2D eigenvalue weighted by Gasteiger charge is 2.11. The van der Waals surface area contributed by atoms with Crippen LogP contribution in [0.2, 0.25) is 0 Å². The Hall–Kier alpha value is -3.73. The Bertz CT molecular complexity index is 996. The first kappa shape index (κ1) is 19.0. The Morgan fingerprint density at radius 3 is 2.00 bits per heavy atom. The van der Waals surface area contributed by atoms with Gasteiger partial charge in [0, 0.05) is 28.9 Å². The molecule has 0 heterocycles. The number of rotatable bonds is 6. The molecule has 0 aliphatic heterocycles. The van der Waals surface area contributed by atoms with Gasteiger partial charge in [-0.1, -0.05) is 36.4 Å². The standard InChI is InChI=1S/C23H20N2O3/c1-16(26)18-10-12-21(13-11-18)25-23(28)20-9-5-8-19(14-20)22(27)24-15-17-6-3-2-4-7-17/h2-14H,15H2,1H3,(H,24,27)(H,25,28). The Kier molecular flexibility index (Phi) is 5.97. The first-order valence-corrected chi connectivity index (χ1v) is 8.87. The van der Waals surface area contributed by atoms with Gasteiger partial charge in [-0.2, -0.15) is 0 Å². The summed E-state index contributed by atoms with van der Waals surface area (Å²) in [6.07, 6.45) is 0. The number of carbonyl (C=O) groups excluding carboxylic acids is 3. The van der Waals surface area contributed by atoms with E-state index in [1.807, 2.05) is 30.3 Å². The molecule has 5 heteroatoms. The summed E-state index contributed by atoms with van der Waals surface area (Å²) < 4.78 is 0. The van der Waals surface area contributed by atoms with Crippen LogP contribution in [-0.2, 0) is 6.54 Å². The second-order valence-corrected chi connectivity index (χ2v) is 6.34. The van der Waals surface area contributed by atoms with Crippen LogP contribution in [0, 0.1) is 0 Å². The molecule has 0 saturated carbocycles. The van der Waals surface area contributed by atoms with E-state index in [9.17, 15) is 14.4 Å². The van der Waals surface area contributed by atoms with E-state index in [1.54, 1.807) is 48.5 Å². The molecule has 0 aromatic heterocycles. The molecule has 0 spiro atoms. The molecule has 0 saturated heterocycles. The highest BCUT2D eigenvalue weighted by Crippen LogP contribution is 2.13. The molecule has 0 unspecified atom stereocenters. The number of Topliss-reactive ketones (excluding diaryl/α,β-unsaturated/α-hetero) is 1. The Labute approximate surface area is 163 Å². The van der Waals surface area contributed by atoms with Crippen molar-refractivity contribution in [1.82, 2.24) is 5.32 Å². The van der Waals surface area contributed by atoms with Crippen molar-refractivity contribution in [2.75, 3.05) is 5.32 Å². The Morgan fingerprint density at radius 2 is 1.36 bits per heavy atom. The minimum atomic E-state index is -0.326. The molecule has 2 amide bonds. The highest BCUT2D eigenvalue weighted by molar-refractivity contribution is 6.06. The summed E-state index contributed by atoms with van der Waals surface area (Å²) >= 11 is 0. The predicted octanol–water partition coefficient (Wildman–Crippen LogP) is 4.07. The van der Waals surface area contributed by atoms with Crippen molar-refractivity contribution in [3.8, 4) is 0 Å². The van der Waals surface area contributed by atoms with Gasteiger partial charge in [-0.05, 0) is 55.0 Å². The van der Waals surface area contributed by atoms with Gasteiger partial charge in [-0.15, -0.1) is 0 Å². The summed E-state index contributed by atoms with van der Waals surface area (Å²) in [5.41, 5.74) is 2.95. The summed E-state index contributed by atoms with van der Waals surface area (Å²) in [5, 5.41) is 5.61. The first-order valence-electron chi connectivity index (χ1n) is 8.87. The fraction of sp³-hybridized carbons (Fsp3) is 0.0870. The van der Waals surface area contributed by atoms with Crippen LogP contribution in [0.4, 0.5) is 5.69 Å². The van der Waals surface area contributed by atoms with Crippen molar-refractivity contribution in [1.29, 1.82) is 0 Å². The van der Waals surface area contributed by atoms with E-state index in [0.717, 1.165) is 5.56 Å². The first-order chi connectivity index (χ1) is 13.5. The van der Waals surface area contributed by atoms with Crippen molar-refractivity contribution in [2.45, 2.75) is 13.5 Å². The molecule has 3 aromatic rings. The molecule has 5 nitrogen and oxygen atoms in total. The van der Waals surface area contributed by atoms with Gasteiger partial charge in [-0.3, -0.25) is 14.4 Å². The molecule has 3 rings (SSSR count). The zero-order valence-corrected chi connectivity index (χ0v) is 15.4. The molecule has 28 heavy (non-hydrogen) atoms. The number of hydrogen-bond acceptors (Lipinski definition) is 3. The smallest absolute Gasteiger partial charge is 0.255 e. The van der Waals surface area contributed by atoms with Crippen LogP contribution in [0.3, 0.4) is 0 Å². The molecular formula is C23H20N2O3. The molecule has 0 aliphatic rings. The lowest BCUT2D eigenvalue weighted by Crippen LogP contribution is -2.23. The molecular weight excluding hydrogens is 352 g/mol. The SMILES string of the molecule is CC(=O)c1ccc(NC(=O)c2cccc(C(=O)NCc3ccccc3)c2)cc1. The average molecular weight is 372 g/mol. The van der Waals surface area contributed by atoms with Gasteiger partial charge in [-0.25, -0.2) is 0 Å². The normalized spacial score (nSPS) is 10.2. The van der Waals surface area contributed by atoms with Gasteiger partial charge in [0.15, 0.2) is 5.78 Å². The van der Waals surface area contributed by atoms with Gasteiger partial charge in [0.1, 0.15) is 0 Å². The maximum absolute atomic E-state index is 12.5. The number of nitrogens with one attached hydrogen (secondary N) is 2. The fourth-order valence-electron chi connectivity index (χ4n) is 2.67. The monoisotopic (exact) mass is 372 g/mol. The van der Waals surface area contributed by atoms with Gasteiger partial charge < -0.3 is 10.6 Å². The number of hydrogen-bond donors (Lipinski definition) is 2. The van der Waals surface area contributed by atoms with E-state index in [-0.39, 0.29) is 17.6 Å². The fourth-order valence-corrected chi connectivity index (χ4v) is 2.67. The zero-order chi connectivity index (χ0) is 19.9. The molecule has 3 aromatic carbocycles. The van der Waals surface area contributed by atoms with Crippen LogP contribution in [-0.4, -0.2) is 17.6 Å². The summed E-state index contributed by atoms with van der Waals surface area (Å²) in [4.78, 5) is 36.2. The minimum absolute atomic E-state index is 0.0351. The number of ketones is 1. The van der Waals surface area contributed by atoms with E-state index in [2.05, 4.69) is 10.6 Å². The third-order valence-corrected chi connectivity index (χ3v) is 4.23. The summed E-state index contributed by atoms with van der Waals surface area (Å²) in [6, 6.07) is 22.8. The molecule has 0 atom stereocenters. The molecule has 0 aliphatic carbocycles. The van der Waals surface area contributed by atoms with Crippen LogP contribution in [0.25, 0.3) is 0 Å². The van der Waals surface area contributed by atoms with E-state index >= 15 is 0 Å². The lowest BCUT2D eigenvalue weighted by molar-refractivity contribution is 0.0950. The second kappa shape index (κ2) is 8.77. The van der Waals surface area contributed by atoms with Crippen LogP contribution in [0.15, 0.2) is 78.9 Å². The summed E-state index contributed by atoms with van der Waals surface area (Å²) in [6.45, 7) is 1.90. The molecule has 2 N–H and O–H groups in total. The third-order valence-electron chi connectivity index (χ3n) is 4.23. The zero-order valence-electron chi connectivity index (χ0n) is 15.4. The number of anilines is 1. The van der Waals surface area contributed by atoms with Crippen molar-refractivity contribution >= 4 is 23.3 Å². The van der Waals surface area contributed by atoms with E-state index in [0.29, 0.717) is 28.9 Å². The van der Waals surface area contributed by atoms with Crippen LogP contribution >= 0.6 is 0 Å². The average Bonchev–Trinajstić information content (AvgIpc) is 2.73. The predicted molar refractivity (Wildman–Crippen MR) is 108 cm³/mol. The topological polar surface area (TPSA) is 75.3 Å². The summed E-state index contributed by atoms with van der Waals surface area (Å²) in [5.74, 6) is -0.607. The van der Waals surface area contributed by atoms with Crippen molar-refractivity contribution in [3.63, 3.8) is 0 Å². The third kappa shape index (κ3) is 4.92. The Morgan fingerprint density at radius 1 is 0.714 bits per heavy atom. The Balaban J connectivity index is 1.65. The minimum Gasteiger partial charge on any atom is -0.348 e. The number of carbonyl (C=O) groups is 3. The quantitative estimate of drug-likeness (QED) is 0.641. The molecule has 0 radical (unpaired) electrons. The van der Waals surface area contributed by atoms with Gasteiger partial charge in [0.05, 0.1) is 0 Å². The lowest BCUT2D eigenvalue weighted by atomic mass is 10.1. The molecule has 0 bridgehead atoms. The molecule has 140 valence electrons. The second-order valence-electron chi connectivity index (χ2n) is 6.34. The van der Waals surface area contributed by atoms with E-state index in [4.69, 9.17) is 0 Å². The molecule has 0 fully saturated rings. The van der Waals surface area contributed by atoms with Crippen LogP contribution in [0.1, 0.15) is 43.6 Å².